The molecule has 2 atom stereocenters. The monoisotopic (exact) mass is 246 g/mol. The predicted molar refractivity (Wildman–Crippen MR) is 67.4 cm³/mol. The van der Waals surface area contributed by atoms with Gasteiger partial charge in [-0.3, -0.25) is 0 Å². The standard InChI is InChI=1S/C15H18O3/c1-2-14-10-6-7-11-15(14,18-14)13(16)17-12-8-4-3-5-9-12/h3-5,8-9H,2,6-7,10-11H2,1H3. The van der Waals surface area contributed by atoms with Crippen LogP contribution in [0.15, 0.2) is 30.3 Å². The normalized spacial score (nSPS) is 33.6. The van der Waals surface area contributed by atoms with E-state index in [0.29, 0.717) is 5.75 Å². The van der Waals surface area contributed by atoms with E-state index in [2.05, 4.69) is 6.92 Å². The fourth-order valence-corrected chi connectivity index (χ4v) is 3.17. The molecule has 1 aromatic rings. The topological polar surface area (TPSA) is 38.8 Å². The van der Waals surface area contributed by atoms with Gasteiger partial charge in [0, 0.05) is 0 Å². The van der Waals surface area contributed by atoms with Gasteiger partial charge in [0.1, 0.15) is 11.4 Å². The van der Waals surface area contributed by atoms with Crippen molar-refractivity contribution in [3.63, 3.8) is 0 Å². The summed E-state index contributed by atoms with van der Waals surface area (Å²) in [5.41, 5.74) is -0.896. The van der Waals surface area contributed by atoms with Crippen LogP contribution in [0.5, 0.6) is 5.75 Å². The van der Waals surface area contributed by atoms with E-state index < -0.39 is 5.60 Å². The van der Waals surface area contributed by atoms with Crippen molar-refractivity contribution in [1.82, 2.24) is 0 Å². The van der Waals surface area contributed by atoms with Gasteiger partial charge >= 0.3 is 5.97 Å². The minimum Gasteiger partial charge on any atom is -0.424 e. The minimum absolute atomic E-state index is 0.213. The molecule has 2 aliphatic rings. The maximum atomic E-state index is 12.3. The lowest BCUT2D eigenvalue weighted by atomic mass is 9.78. The molecule has 3 rings (SSSR count). The van der Waals surface area contributed by atoms with Crippen LogP contribution in [0.3, 0.4) is 0 Å². The van der Waals surface area contributed by atoms with Crippen molar-refractivity contribution in [2.24, 2.45) is 0 Å². The molecule has 1 aliphatic heterocycles. The largest absolute Gasteiger partial charge is 0.424 e. The number of carbonyl (C=O) groups is 1. The summed E-state index contributed by atoms with van der Waals surface area (Å²) in [6.45, 7) is 2.09. The number of benzene rings is 1. The third-order valence-corrected chi connectivity index (χ3v) is 4.28. The van der Waals surface area contributed by atoms with Gasteiger partial charge in [-0.25, -0.2) is 4.79 Å². The van der Waals surface area contributed by atoms with Gasteiger partial charge in [0.2, 0.25) is 0 Å². The third-order valence-electron chi connectivity index (χ3n) is 4.28. The van der Waals surface area contributed by atoms with Crippen molar-refractivity contribution >= 4 is 5.97 Å². The lowest BCUT2D eigenvalue weighted by Gasteiger charge is -2.22. The van der Waals surface area contributed by atoms with Gasteiger partial charge in [-0.05, 0) is 37.8 Å². The van der Waals surface area contributed by atoms with E-state index in [1.165, 1.54) is 0 Å². The van der Waals surface area contributed by atoms with Crippen LogP contribution < -0.4 is 4.74 Å². The first-order valence-electron chi connectivity index (χ1n) is 6.70. The number of para-hydroxylation sites is 1. The summed E-state index contributed by atoms with van der Waals surface area (Å²) in [4.78, 5) is 12.3. The van der Waals surface area contributed by atoms with Crippen molar-refractivity contribution < 1.29 is 14.3 Å². The Balaban J connectivity index is 1.77. The fourth-order valence-electron chi connectivity index (χ4n) is 3.17. The molecule has 1 saturated carbocycles. The summed E-state index contributed by atoms with van der Waals surface area (Å²) < 4.78 is 11.3. The summed E-state index contributed by atoms with van der Waals surface area (Å²) >= 11 is 0. The van der Waals surface area contributed by atoms with Gasteiger partial charge < -0.3 is 9.47 Å². The molecule has 1 heterocycles. The summed E-state index contributed by atoms with van der Waals surface area (Å²) in [7, 11) is 0. The van der Waals surface area contributed by atoms with E-state index in [1.54, 1.807) is 12.1 Å². The zero-order valence-electron chi connectivity index (χ0n) is 10.6. The van der Waals surface area contributed by atoms with Crippen LogP contribution >= 0.6 is 0 Å². The third kappa shape index (κ3) is 1.57. The lowest BCUT2D eigenvalue weighted by Crippen LogP contribution is -2.39. The van der Waals surface area contributed by atoms with Crippen LogP contribution in [0.25, 0.3) is 0 Å². The Morgan fingerprint density at radius 1 is 1.28 bits per heavy atom. The molecule has 1 saturated heterocycles. The molecule has 18 heavy (non-hydrogen) atoms. The van der Waals surface area contributed by atoms with Crippen molar-refractivity contribution in [3.05, 3.63) is 30.3 Å². The zero-order valence-corrected chi connectivity index (χ0v) is 10.6. The van der Waals surface area contributed by atoms with Crippen molar-refractivity contribution in [1.29, 1.82) is 0 Å². The van der Waals surface area contributed by atoms with Gasteiger partial charge in [-0.2, -0.15) is 0 Å². The Bertz CT molecular complexity index is 456. The van der Waals surface area contributed by atoms with Crippen LogP contribution in [-0.2, 0) is 9.53 Å². The summed E-state index contributed by atoms with van der Waals surface area (Å²) in [5, 5.41) is 0. The molecule has 0 aromatic heterocycles. The molecule has 0 N–H and O–H groups in total. The number of hydrogen-bond donors (Lipinski definition) is 0. The highest BCUT2D eigenvalue weighted by Gasteiger charge is 2.74. The maximum absolute atomic E-state index is 12.3. The van der Waals surface area contributed by atoms with E-state index in [9.17, 15) is 4.79 Å². The molecule has 96 valence electrons. The molecule has 1 aliphatic carbocycles. The number of epoxide rings is 1. The predicted octanol–water partition coefficient (Wildman–Crippen LogP) is 3.08. The SMILES string of the molecule is CCC12CCCCC1(C(=O)Oc1ccccc1)O2. The van der Waals surface area contributed by atoms with Crippen LogP contribution in [0.2, 0.25) is 0 Å². The number of ether oxygens (including phenoxy) is 2. The molecule has 0 spiro atoms. The molecular formula is C15H18O3. The van der Waals surface area contributed by atoms with E-state index >= 15 is 0 Å². The number of esters is 1. The maximum Gasteiger partial charge on any atom is 0.346 e. The Morgan fingerprint density at radius 2 is 2.00 bits per heavy atom. The fraction of sp³-hybridized carbons (Fsp3) is 0.533. The highest BCUT2D eigenvalue weighted by molar-refractivity contribution is 5.87. The van der Waals surface area contributed by atoms with E-state index in [4.69, 9.17) is 9.47 Å². The first kappa shape index (κ1) is 11.7. The van der Waals surface area contributed by atoms with Gasteiger partial charge in [0.05, 0.1) is 0 Å². The number of fused-ring (bicyclic) bond motifs is 1. The van der Waals surface area contributed by atoms with Gasteiger partial charge in [0.15, 0.2) is 5.60 Å². The van der Waals surface area contributed by atoms with Gasteiger partial charge in [-0.1, -0.05) is 31.5 Å². The Morgan fingerprint density at radius 3 is 2.72 bits per heavy atom. The molecule has 2 fully saturated rings. The average Bonchev–Trinajstić information content (AvgIpc) is 3.11. The average molecular weight is 246 g/mol. The lowest BCUT2D eigenvalue weighted by molar-refractivity contribution is -0.141. The van der Waals surface area contributed by atoms with Crippen LogP contribution in [0.4, 0.5) is 0 Å². The molecule has 0 radical (unpaired) electrons. The number of hydrogen-bond acceptors (Lipinski definition) is 3. The first-order valence-corrected chi connectivity index (χ1v) is 6.70. The number of carbonyl (C=O) groups excluding carboxylic acids is 1. The van der Waals surface area contributed by atoms with E-state index in [0.717, 1.165) is 32.1 Å². The van der Waals surface area contributed by atoms with E-state index in [-0.39, 0.29) is 11.6 Å². The van der Waals surface area contributed by atoms with E-state index in [1.807, 2.05) is 18.2 Å². The molecule has 0 bridgehead atoms. The molecular weight excluding hydrogens is 228 g/mol. The summed E-state index contributed by atoms with van der Waals surface area (Å²) in [5.74, 6) is 0.387. The van der Waals surface area contributed by atoms with Crippen molar-refractivity contribution in [2.45, 2.75) is 50.2 Å². The Labute approximate surface area is 107 Å². The molecule has 2 unspecified atom stereocenters. The second-order valence-electron chi connectivity index (χ2n) is 5.19. The smallest absolute Gasteiger partial charge is 0.346 e. The van der Waals surface area contributed by atoms with Crippen LogP contribution in [0, 0.1) is 0 Å². The van der Waals surface area contributed by atoms with Gasteiger partial charge in [-0.15, -0.1) is 0 Å². The van der Waals surface area contributed by atoms with Crippen molar-refractivity contribution in [3.8, 4) is 5.75 Å². The molecule has 3 nitrogen and oxygen atoms in total. The quantitative estimate of drug-likeness (QED) is 0.467. The second-order valence-corrected chi connectivity index (χ2v) is 5.19. The molecule has 1 aromatic carbocycles. The zero-order chi connectivity index (χ0) is 12.6. The summed E-state index contributed by atoms with van der Waals surface area (Å²) in [6, 6.07) is 9.23. The Kier molecular flexibility index (Phi) is 2.67. The van der Waals surface area contributed by atoms with Crippen molar-refractivity contribution in [2.75, 3.05) is 0 Å². The van der Waals surface area contributed by atoms with Crippen LogP contribution in [0.1, 0.15) is 39.0 Å². The highest BCUT2D eigenvalue weighted by atomic mass is 16.7. The number of rotatable bonds is 3. The Hall–Kier alpha value is -1.35. The minimum atomic E-state index is -0.657. The summed E-state index contributed by atoms with van der Waals surface area (Å²) in [6.07, 6.45) is 4.86. The molecule has 3 heteroatoms. The highest BCUT2D eigenvalue weighted by Crippen LogP contribution is 2.59. The first-order chi connectivity index (χ1) is 8.72. The van der Waals surface area contributed by atoms with Gasteiger partial charge in [0.25, 0.3) is 0 Å². The second kappa shape index (κ2) is 4.09. The molecule has 0 amide bonds. The van der Waals surface area contributed by atoms with Crippen LogP contribution in [-0.4, -0.2) is 17.2 Å².